The summed E-state index contributed by atoms with van der Waals surface area (Å²) in [6.07, 6.45) is -12.0. The summed E-state index contributed by atoms with van der Waals surface area (Å²) in [4.78, 5) is 22.3. The highest BCUT2D eigenvalue weighted by Crippen LogP contribution is 2.48. The first-order valence-electron chi connectivity index (χ1n) is 10.6. The third-order valence-electron chi connectivity index (χ3n) is 6.69. The van der Waals surface area contributed by atoms with Crippen molar-refractivity contribution in [2.45, 2.75) is 49.5 Å². The number of aliphatic hydroxyl groups is 1. The number of alkyl halides is 6. The molecule has 0 bridgehead atoms. The lowest BCUT2D eigenvalue weighted by atomic mass is 9.83. The van der Waals surface area contributed by atoms with Crippen LogP contribution in [0.4, 0.5) is 26.3 Å². The van der Waals surface area contributed by atoms with Gasteiger partial charge in [0.2, 0.25) is 5.96 Å². The molecular weight excluding hydrogens is 502 g/mol. The number of hydroxylamine groups is 2. The van der Waals surface area contributed by atoms with Crippen LogP contribution < -0.4 is 11.5 Å². The molecule has 1 aromatic carbocycles. The van der Waals surface area contributed by atoms with Gasteiger partial charge in [-0.05, 0) is 23.8 Å². The van der Waals surface area contributed by atoms with Gasteiger partial charge in [-0.15, -0.1) is 0 Å². The third kappa shape index (κ3) is 3.97. The van der Waals surface area contributed by atoms with Crippen LogP contribution in [-0.4, -0.2) is 75.2 Å². The van der Waals surface area contributed by atoms with Crippen molar-refractivity contribution in [3.8, 4) is 0 Å². The first-order chi connectivity index (χ1) is 16.6. The number of carbonyl (C=O) groups excluding carboxylic acids is 1. The predicted octanol–water partition coefficient (Wildman–Crippen LogP) is 0.904. The van der Waals surface area contributed by atoms with Crippen LogP contribution >= 0.6 is 0 Å². The quantitative estimate of drug-likeness (QED) is 0.335. The molecule has 10 nitrogen and oxygen atoms in total. The first-order valence-corrected chi connectivity index (χ1v) is 10.6. The molecule has 5 unspecified atom stereocenters. The molecule has 3 heterocycles. The van der Waals surface area contributed by atoms with Gasteiger partial charge in [0.1, 0.15) is 18.2 Å². The van der Waals surface area contributed by atoms with Crippen LogP contribution in [0.1, 0.15) is 23.6 Å². The number of nitrogens with zero attached hydrogens (tertiary/aromatic N) is 4. The van der Waals surface area contributed by atoms with Gasteiger partial charge in [-0.2, -0.15) is 31.4 Å². The van der Waals surface area contributed by atoms with E-state index in [4.69, 9.17) is 16.2 Å². The molecule has 1 spiro atoms. The van der Waals surface area contributed by atoms with Gasteiger partial charge >= 0.3 is 18.3 Å². The lowest BCUT2D eigenvalue weighted by molar-refractivity contribution is -0.174. The van der Waals surface area contributed by atoms with Gasteiger partial charge in [0.05, 0.1) is 30.7 Å². The smallest absolute Gasteiger partial charge is 0.416 e. The Morgan fingerprint density at radius 1 is 1.11 bits per heavy atom. The van der Waals surface area contributed by atoms with Crippen molar-refractivity contribution in [2.75, 3.05) is 13.2 Å². The summed E-state index contributed by atoms with van der Waals surface area (Å²) < 4.78 is 84.2. The summed E-state index contributed by atoms with van der Waals surface area (Å²) in [5, 5.41) is 21.1. The van der Waals surface area contributed by atoms with E-state index in [1.807, 2.05) is 0 Å². The van der Waals surface area contributed by atoms with Crippen molar-refractivity contribution in [1.82, 2.24) is 9.96 Å². The van der Waals surface area contributed by atoms with Crippen molar-refractivity contribution in [1.29, 1.82) is 0 Å². The fourth-order valence-electron chi connectivity index (χ4n) is 5.08. The molecule has 3 aliphatic rings. The monoisotopic (exact) mass is 524 g/mol. The molecule has 198 valence electrons. The fourth-order valence-corrected chi connectivity index (χ4v) is 5.08. The zero-order chi connectivity index (χ0) is 26.8. The van der Waals surface area contributed by atoms with Crippen LogP contribution in [0.3, 0.4) is 0 Å². The highest BCUT2D eigenvalue weighted by molar-refractivity contribution is 5.86. The fraction of sp³-hybridized carbons (Fsp3) is 0.550. The zero-order valence-electron chi connectivity index (χ0n) is 18.6. The summed E-state index contributed by atoms with van der Waals surface area (Å²) in [6, 6.07) is -0.921. The molecule has 0 aromatic heterocycles. The van der Waals surface area contributed by atoms with Crippen LogP contribution in [0.2, 0.25) is 0 Å². The molecular formula is C20H22F6N6O4. The number of aliphatic imine (C=N–C) groups is 2. The minimum absolute atomic E-state index is 0.0365. The largest absolute Gasteiger partial charge is 0.460 e. The lowest BCUT2D eigenvalue weighted by Gasteiger charge is -2.48. The topological polar surface area (TPSA) is 150 Å². The molecule has 16 heteroatoms. The summed E-state index contributed by atoms with van der Waals surface area (Å²) in [7, 11) is 0. The second kappa shape index (κ2) is 8.40. The first kappa shape index (κ1) is 25.8. The van der Waals surface area contributed by atoms with E-state index in [1.165, 1.54) is 4.90 Å². The van der Waals surface area contributed by atoms with Gasteiger partial charge in [-0.1, -0.05) is 6.92 Å². The predicted molar refractivity (Wildman–Crippen MR) is 110 cm³/mol. The van der Waals surface area contributed by atoms with Crippen LogP contribution in [0.5, 0.6) is 0 Å². The highest BCUT2D eigenvalue weighted by Gasteiger charge is 2.68. The summed E-state index contributed by atoms with van der Waals surface area (Å²) in [5.41, 5.74) is 6.69. The number of hydrogen-bond acceptors (Lipinski definition) is 10. The SMILES string of the molecule is CC1C(OC(=O)Cc2cc(C(F)(F)F)cc(C(F)(F)F)c2)CN2C(N)=NC(CO)C3N=C(N)N(O)C132. The maximum absolute atomic E-state index is 13.1. The molecule has 1 saturated heterocycles. The molecule has 3 aliphatic heterocycles. The van der Waals surface area contributed by atoms with Crippen LogP contribution in [0.25, 0.3) is 0 Å². The van der Waals surface area contributed by atoms with Crippen molar-refractivity contribution in [3.63, 3.8) is 0 Å². The van der Waals surface area contributed by atoms with E-state index in [0.717, 1.165) is 0 Å². The molecule has 4 rings (SSSR count). The Kier molecular flexibility index (Phi) is 6.02. The number of esters is 1. The summed E-state index contributed by atoms with van der Waals surface area (Å²) in [5.74, 6) is -2.28. The molecule has 1 aromatic rings. The normalized spacial score (nSPS) is 30.0. The number of carbonyl (C=O) groups is 1. The molecule has 0 amide bonds. The van der Waals surface area contributed by atoms with Gasteiger partial charge in [-0.25, -0.2) is 9.98 Å². The molecule has 0 radical (unpaired) electrons. The lowest BCUT2D eigenvalue weighted by Crippen LogP contribution is -2.71. The van der Waals surface area contributed by atoms with Gasteiger partial charge in [0.25, 0.3) is 0 Å². The third-order valence-corrected chi connectivity index (χ3v) is 6.69. The summed E-state index contributed by atoms with van der Waals surface area (Å²) in [6.45, 7) is 0.953. The number of ether oxygens (including phenoxy) is 1. The average molecular weight is 524 g/mol. The number of hydrogen-bond donors (Lipinski definition) is 4. The van der Waals surface area contributed by atoms with E-state index in [1.54, 1.807) is 6.92 Å². The average Bonchev–Trinajstić information content (AvgIpc) is 3.21. The van der Waals surface area contributed by atoms with Crippen molar-refractivity contribution in [3.05, 3.63) is 34.9 Å². The number of aliphatic hydroxyl groups excluding tert-OH is 1. The Hall–Kier alpha value is -3.27. The van der Waals surface area contributed by atoms with Crippen LogP contribution in [0.15, 0.2) is 28.2 Å². The molecule has 5 atom stereocenters. The number of nitrogens with two attached hydrogens (primary N) is 2. The Morgan fingerprint density at radius 3 is 2.22 bits per heavy atom. The molecule has 0 saturated carbocycles. The van der Waals surface area contributed by atoms with E-state index in [0.29, 0.717) is 17.2 Å². The van der Waals surface area contributed by atoms with Crippen LogP contribution in [0, 0.1) is 5.92 Å². The van der Waals surface area contributed by atoms with Crippen molar-refractivity contribution >= 4 is 17.9 Å². The maximum Gasteiger partial charge on any atom is 0.416 e. The highest BCUT2D eigenvalue weighted by atomic mass is 19.4. The van der Waals surface area contributed by atoms with Gasteiger partial charge in [-0.3, -0.25) is 10.0 Å². The Labute approximate surface area is 199 Å². The second-order valence-corrected chi connectivity index (χ2v) is 8.78. The number of guanidine groups is 2. The number of halogens is 6. The maximum atomic E-state index is 13.1. The zero-order valence-corrected chi connectivity index (χ0v) is 18.6. The number of rotatable bonds is 4. The number of benzene rings is 1. The molecule has 0 aliphatic carbocycles. The van der Waals surface area contributed by atoms with E-state index in [2.05, 4.69) is 9.98 Å². The standard InChI is InChI=1S/C20H22F6N6O4/c1-8-13(6-31-16(27)29-12(7-33)15-18(8,31)32(35)17(28)30-15)36-14(34)4-9-2-10(19(21,22)23)5-11(3-9)20(24,25)26/h2-3,5,8,12-13,15,33,35H,4,6-7H2,1H3,(H2,27,29)(H2,28,30). The molecule has 1 fully saturated rings. The van der Waals surface area contributed by atoms with Gasteiger partial charge in [0, 0.05) is 5.92 Å². The van der Waals surface area contributed by atoms with E-state index in [9.17, 15) is 41.5 Å². The van der Waals surface area contributed by atoms with Gasteiger partial charge in [0.15, 0.2) is 11.6 Å². The Morgan fingerprint density at radius 2 is 1.69 bits per heavy atom. The molecule has 6 N–H and O–H groups in total. The van der Waals surface area contributed by atoms with Gasteiger partial charge < -0.3 is 26.2 Å². The van der Waals surface area contributed by atoms with E-state index >= 15 is 0 Å². The van der Waals surface area contributed by atoms with Crippen LogP contribution in [-0.2, 0) is 28.3 Å². The van der Waals surface area contributed by atoms with E-state index < -0.39 is 77.8 Å². The van der Waals surface area contributed by atoms with Crippen molar-refractivity contribution < 1.29 is 46.2 Å². The minimum Gasteiger partial charge on any atom is -0.460 e. The van der Waals surface area contributed by atoms with Crippen molar-refractivity contribution in [2.24, 2.45) is 27.4 Å². The Bertz CT molecular complexity index is 1090. The van der Waals surface area contributed by atoms with E-state index in [-0.39, 0.29) is 24.5 Å². The molecule has 36 heavy (non-hydrogen) atoms. The minimum atomic E-state index is -5.07. The summed E-state index contributed by atoms with van der Waals surface area (Å²) >= 11 is 0. The second-order valence-electron chi connectivity index (χ2n) is 8.78. The Balaban J connectivity index is 1.59.